The minimum absolute atomic E-state index is 0.173. The lowest BCUT2D eigenvalue weighted by molar-refractivity contribution is -0.140. The van der Waals surface area contributed by atoms with Crippen molar-refractivity contribution in [1.82, 2.24) is 5.32 Å². The van der Waals surface area contributed by atoms with Crippen molar-refractivity contribution in [1.29, 1.82) is 0 Å². The highest BCUT2D eigenvalue weighted by atomic mass is 19.4. The second-order valence-corrected chi connectivity index (χ2v) is 5.89. The van der Waals surface area contributed by atoms with Crippen LogP contribution in [0, 0.1) is 0 Å². The highest BCUT2D eigenvalue weighted by Gasteiger charge is 2.34. The van der Waals surface area contributed by atoms with Crippen LogP contribution in [0.15, 0.2) is 48.5 Å². The van der Waals surface area contributed by atoms with Gasteiger partial charge in [0, 0.05) is 5.56 Å². The Labute approximate surface area is 158 Å². The molecule has 0 aliphatic heterocycles. The molecule has 0 aliphatic rings. The molecule has 9 heteroatoms. The Morgan fingerprint density at radius 3 is 2.50 bits per heavy atom. The lowest BCUT2D eigenvalue weighted by Crippen LogP contribution is -2.37. The molecule has 1 amide bonds. The van der Waals surface area contributed by atoms with Gasteiger partial charge in [-0.1, -0.05) is 18.2 Å². The lowest BCUT2D eigenvalue weighted by atomic mass is 10.2. The van der Waals surface area contributed by atoms with Crippen LogP contribution < -0.4 is 14.8 Å². The number of carbonyl (C=O) groups is 2. The van der Waals surface area contributed by atoms with Crippen molar-refractivity contribution in [2.24, 2.45) is 0 Å². The first kappa shape index (κ1) is 21.1. The molecule has 150 valence electrons. The fourth-order valence-corrected chi connectivity index (χ4v) is 2.26. The Bertz CT molecular complexity index is 838. The number of alkyl halides is 3. The molecular formula is C19H18F3NO5. The SMILES string of the molecule is CC(COc1ccccc1C(F)(F)F)NC(=O)c1cccc(OCC(=O)O)c1. The molecule has 28 heavy (non-hydrogen) atoms. The molecule has 1 atom stereocenters. The predicted octanol–water partition coefficient (Wildman–Crippen LogP) is 3.37. The van der Waals surface area contributed by atoms with E-state index in [4.69, 9.17) is 14.6 Å². The number of ether oxygens (including phenoxy) is 2. The molecule has 6 nitrogen and oxygen atoms in total. The predicted molar refractivity (Wildman–Crippen MR) is 93.4 cm³/mol. The zero-order valence-corrected chi connectivity index (χ0v) is 14.8. The smallest absolute Gasteiger partial charge is 0.419 e. The van der Waals surface area contributed by atoms with Gasteiger partial charge in [-0.3, -0.25) is 4.79 Å². The number of carboxylic acids is 1. The van der Waals surface area contributed by atoms with Crippen molar-refractivity contribution in [3.8, 4) is 11.5 Å². The molecule has 0 saturated carbocycles. The number of carbonyl (C=O) groups excluding carboxylic acids is 1. The maximum atomic E-state index is 13.0. The van der Waals surface area contributed by atoms with Crippen LogP contribution in [-0.2, 0) is 11.0 Å². The van der Waals surface area contributed by atoms with Crippen LogP contribution in [-0.4, -0.2) is 36.2 Å². The summed E-state index contributed by atoms with van der Waals surface area (Å²) in [6.45, 7) is 0.862. The molecule has 0 radical (unpaired) electrons. The highest BCUT2D eigenvalue weighted by molar-refractivity contribution is 5.94. The van der Waals surface area contributed by atoms with Gasteiger partial charge in [0.15, 0.2) is 6.61 Å². The Morgan fingerprint density at radius 2 is 1.82 bits per heavy atom. The molecule has 1 unspecified atom stereocenters. The Kier molecular flexibility index (Phi) is 6.86. The number of nitrogens with one attached hydrogen (secondary N) is 1. The average Bonchev–Trinajstić information content (AvgIpc) is 2.64. The van der Waals surface area contributed by atoms with Crippen molar-refractivity contribution in [3.05, 3.63) is 59.7 Å². The van der Waals surface area contributed by atoms with E-state index in [9.17, 15) is 22.8 Å². The van der Waals surface area contributed by atoms with Gasteiger partial charge in [-0.15, -0.1) is 0 Å². The summed E-state index contributed by atoms with van der Waals surface area (Å²) < 4.78 is 49.1. The van der Waals surface area contributed by atoms with Gasteiger partial charge in [0.25, 0.3) is 5.91 Å². The molecule has 0 bridgehead atoms. The number of para-hydroxylation sites is 1. The monoisotopic (exact) mass is 397 g/mol. The normalized spacial score (nSPS) is 12.1. The Hall–Kier alpha value is -3.23. The second-order valence-electron chi connectivity index (χ2n) is 5.89. The van der Waals surface area contributed by atoms with Crippen LogP contribution in [0.3, 0.4) is 0 Å². The Morgan fingerprint density at radius 1 is 1.11 bits per heavy atom. The van der Waals surface area contributed by atoms with Gasteiger partial charge in [0.1, 0.15) is 18.1 Å². The van der Waals surface area contributed by atoms with Crippen molar-refractivity contribution in [2.45, 2.75) is 19.1 Å². The van der Waals surface area contributed by atoms with Gasteiger partial charge in [-0.25, -0.2) is 4.79 Å². The van der Waals surface area contributed by atoms with Gasteiger partial charge >= 0.3 is 12.1 Å². The minimum Gasteiger partial charge on any atom is -0.491 e. The topological polar surface area (TPSA) is 84.9 Å². The van der Waals surface area contributed by atoms with E-state index in [0.29, 0.717) is 0 Å². The minimum atomic E-state index is -4.54. The summed E-state index contributed by atoms with van der Waals surface area (Å²) in [6, 6.07) is 10.1. The van der Waals surface area contributed by atoms with E-state index < -0.39 is 36.3 Å². The number of hydrogen-bond acceptors (Lipinski definition) is 4. The summed E-state index contributed by atoms with van der Waals surface area (Å²) in [6.07, 6.45) is -4.54. The van der Waals surface area contributed by atoms with Crippen molar-refractivity contribution in [3.63, 3.8) is 0 Å². The molecule has 2 aromatic carbocycles. The van der Waals surface area contributed by atoms with E-state index in [0.717, 1.165) is 6.07 Å². The zero-order valence-electron chi connectivity index (χ0n) is 14.8. The quantitative estimate of drug-likeness (QED) is 0.714. The van der Waals surface area contributed by atoms with Crippen LogP contribution in [0.25, 0.3) is 0 Å². The maximum absolute atomic E-state index is 13.0. The molecule has 0 aromatic heterocycles. The number of benzene rings is 2. The van der Waals surface area contributed by atoms with Gasteiger partial charge in [-0.2, -0.15) is 13.2 Å². The number of rotatable bonds is 8. The zero-order chi connectivity index (χ0) is 20.7. The average molecular weight is 397 g/mol. The maximum Gasteiger partial charge on any atom is 0.419 e. The van der Waals surface area contributed by atoms with E-state index in [1.807, 2.05) is 0 Å². The standard InChI is InChI=1S/C19H18F3NO5/c1-12(10-28-16-8-3-2-7-15(16)19(20,21)22)23-18(26)13-5-4-6-14(9-13)27-11-17(24)25/h2-9,12H,10-11H2,1H3,(H,23,26)(H,24,25). The fraction of sp³-hybridized carbons (Fsp3) is 0.263. The van der Waals surface area contributed by atoms with Crippen LogP contribution in [0.2, 0.25) is 0 Å². The van der Waals surface area contributed by atoms with Crippen LogP contribution in [0.1, 0.15) is 22.8 Å². The first-order chi connectivity index (χ1) is 13.2. The third-order valence-electron chi connectivity index (χ3n) is 3.52. The summed E-state index contributed by atoms with van der Waals surface area (Å²) in [5.74, 6) is -1.76. The molecular weight excluding hydrogens is 379 g/mol. The molecule has 2 N–H and O–H groups in total. The Balaban J connectivity index is 1.95. The summed E-state index contributed by atoms with van der Waals surface area (Å²) in [4.78, 5) is 22.8. The third kappa shape index (κ3) is 6.19. The third-order valence-corrected chi connectivity index (χ3v) is 3.52. The second kappa shape index (κ2) is 9.12. The summed E-state index contributed by atoms with van der Waals surface area (Å²) >= 11 is 0. The molecule has 0 aliphatic carbocycles. The number of aliphatic carboxylic acids is 1. The first-order valence-electron chi connectivity index (χ1n) is 8.21. The molecule has 0 fully saturated rings. The van der Waals surface area contributed by atoms with Crippen LogP contribution >= 0.6 is 0 Å². The fourth-order valence-electron chi connectivity index (χ4n) is 2.26. The highest BCUT2D eigenvalue weighted by Crippen LogP contribution is 2.35. The van der Waals surface area contributed by atoms with E-state index in [1.54, 1.807) is 6.92 Å². The van der Waals surface area contributed by atoms with Gasteiger partial charge < -0.3 is 19.9 Å². The van der Waals surface area contributed by atoms with E-state index in [-0.39, 0.29) is 23.7 Å². The largest absolute Gasteiger partial charge is 0.491 e. The van der Waals surface area contributed by atoms with Gasteiger partial charge in [0.2, 0.25) is 0 Å². The molecule has 2 rings (SSSR count). The van der Waals surface area contributed by atoms with Crippen molar-refractivity contribution in [2.75, 3.05) is 13.2 Å². The number of halogens is 3. The van der Waals surface area contributed by atoms with Crippen molar-refractivity contribution >= 4 is 11.9 Å². The summed E-state index contributed by atoms with van der Waals surface area (Å²) in [5.41, 5.74) is -0.678. The van der Waals surface area contributed by atoms with Crippen LogP contribution in [0.5, 0.6) is 11.5 Å². The number of hydrogen-bond donors (Lipinski definition) is 2. The summed E-state index contributed by atoms with van der Waals surface area (Å²) in [5, 5.41) is 11.2. The van der Waals surface area contributed by atoms with Crippen LogP contribution in [0.4, 0.5) is 13.2 Å². The molecule has 0 heterocycles. The molecule has 0 saturated heterocycles. The number of carboxylic acid groups (broad SMARTS) is 1. The summed E-state index contributed by atoms with van der Waals surface area (Å²) in [7, 11) is 0. The van der Waals surface area contributed by atoms with Gasteiger partial charge in [-0.05, 0) is 37.3 Å². The molecule has 2 aromatic rings. The van der Waals surface area contributed by atoms with Gasteiger partial charge in [0.05, 0.1) is 11.6 Å². The van der Waals surface area contributed by atoms with E-state index in [1.165, 1.54) is 42.5 Å². The van der Waals surface area contributed by atoms with E-state index in [2.05, 4.69) is 5.32 Å². The van der Waals surface area contributed by atoms with E-state index >= 15 is 0 Å². The molecule has 0 spiro atoms. The lowest BCUT2D eigenvalue weighted by Gasteiger charge is -2.18. The number of amides is 1. The first-order valence-corrected chi connectivity index (χ1v) is 8.21. The van der Waals surface area contributed by atoms with Crippen molar-refractivity contribution < 1.29 is 37.3 Å².